The molecule has 26 heavy (non-hydrogen) atoms. The normalized spacial score (nSPS) is 11.0. The van der Waals surface area contributed by atoms with Crippen LogP contribution in [0, 0.1) is 6.92 Å². The molecule has 0 radical (unpaired) electrons. The zero-order chi connectivity index (χ0) is 19.1. The van der Waals surface area contributed by atoms with Crippen LogP contribution in [0.5, 0.6) is 11.5 Å². The van der Waals surface area contributed by atoms with Gasteiger partial charge in [0.15, 0.2) is 11.5 Å². The third-order valence-corrected chi connectivity index (χ3v) is 3.52. The highest BCUT2D eigenvalue weighted by Crippen LogP contribution is 2.29. The third kappa shape index (κ3) is 5.37. The van der Waals surface area contributed by atoms with Crippen molar-refractivity contribution < 1.29 is 24.2 Å². The van der Waals surface area contributed by atoms with Crippen LogP contribution in [0.1, 0.15) is 23.6 Å². The summed E-state index contributed by atoms with van der Waals surface area (Å²) >= 11 is 0. The number of aryl methyl sites for hydroxylation is 1. The van der Waals surface area contributed by atoms with Gasteiger partial charge in [0.25, 0.3) is 0 Å². The van der Waals surface area contributed by atoms with Gasteiger partial charge in [0.1, 0.15) is 12.3 Å². The number of carbonyl (C=O) groups excluding carboxylic acids is 1. The number of carboxylic acid groups (broad SMARTS) is 1. The molecule has 0 atom stereocenters. The molecule has 0 fully saturated rings. The van der Waals surface area contributed by atoms with Crippen molar-refractivity contribution in [2.75, 3.05) is 7.11 Å². The lowest BCUT2D eigenvalue weighted by Gasteiger charge is -2.12. The Kier molecular flexibility index (Phi) is 6.38. The summed E-state index contributed by atoms with van der Waals surface area (Å²) < 4.78 is 11.1. The average Bonchev–Trinajstić information content (AvgIpc) is 2.59. The van der Waals surface area contributed by atoms with E-state index in [4.69, 9.17) is 9.47 Å². The summed E-state index contributed by atoms with van der Waals surface area (Å²) in [6, 6.07) is 13.0. The summed E-state index contributed by atoms with van der Waals surface area (Å²) in [4.78, 5) is 22.4. The maximum atomic E-state index is 11.3. The highest BCUT2D eigenvalue weighted by molar-refractivity contribution is 5.96. The first kappa shape index (κ1) is 19.1. The molecule has 0 unspecified atom stereocenters. The van der Waals surface area contributed by atoms with Gasteiger partial charge in [-0.15, -0.1) is 0 Å². The van der Waals surface area contributed by atoms with Crippen LogP contribution in [0.15, 0.2) is 48.2 Å². The summed E-state index contributed by atoms with van der Waals surface area (Å²) in [6.45, 7) is 3.61. The van der Waals surface area contributed by atoms with Crippen molar-refractivity contribution in [1.82, 2.24) is 5.32 Å². The first-order chi connectivity index (χ1) is 12.4. The molecule has 0 saturated carbocycles. The van der Waals surface area contributed by atoms with Crippen LogP contribution < -0.4 is 14.8 Å². The van der Waals surface area contributed by atoms with Gasteiger partial charge in [-0.25, -0.2) is 4.79 Å². The van der Waals surface area contributed by atoms with E-state index < -0.39 is 11.9 Å². The Balaban J connectivity index is 2.26. The van der Waals surface area contributed by atoms with Crippen molar-refractivity contribution in [2.45, 2.75) is 20.5 Å². The Labute approximate surface area is 152 Å². The van der Waals surface area contributed by atoms with Gasteiger partial charge < -0.3 is 19.9 Å². The number of ether oxygens (including phenoxy) is 2. The Morgan fingerprint density at radius 1 is 1.15 bits per heavy atom. The van der Waals surface area contributed by atoms with Crippen molar-refractivity contribution in [2.24, 2.45) is 0 Å². The summed E-state index contributed by atoms with van der Waals surface area (Å²) in [6.07, 6.45) is 1.36. The molecule has 0 aromatic heterocycles. The second-order valence-corrected chi connectivity index (χ2v) is 5.73. The average molecular weight is 355 g/mol. The molecule has 0 heterocycles. The van der Waals surface area contributed by atoms with Crippen molar-refractivity contribution in [3.05, 3.63) is 64.9 Å². The van der Waals surface area contributed by atoms with Crippen LogP contribution in [-0.2, 0) is 16.2 Å². The SMILES string of the molecule is COc1ccc(C=C(NC(C)=O)C(=O)O)cc1OCc1cccc(C)c1. The van der Waals surface area contributed by atoms with Gasteiger partial charge in [0.2, 0.25) is 5.91 Å². The molecule has 2 aromatic rings. The molecule has 2 rings (SSSR count). The number of nitrogens with one attached hydrogen (secondary N) is 1. The lowest BCUT2D eigenvalue weighted by atomic mass is 10.1. The molecule has 2 aromatic carbocycles. The van der Waals surface area contributed by atoms with E-state index in [-0.39, 0.29) is 5.70 Å². The number of benzene rings is 2. The zero-order valence-corrected chi connectivity index (χ0v) is 14.9. The van der Waals surface area contributed by atoms with Gasteiger partial charge in [-0.2, -0.15) is 0 Å². The molecule has 0 saturated heterocycles. The molecular formula is C20H21NO5. The van der Waals surface area contributed by atoms with E-state index in [0.717, 1.165) is 11.1 Å². The summed E-state index contributed by atoms with van der Waals surface area (Å²) in [7, 11) is 1.53. The van der Waals surface area contributed by atoms with Gasteiger partial charge in [-0.05, 0) is 36.3 Å². The van der Waals surface area contributed by atoms with E-state index in [1.807, 2.05) is 31.2 Å². The van der Waals surface area contributed by atoms with Gasteiger partial charge in [-0.1, -0.05) is 35.9 Å². The van der Waals surface area contributed by atoms with Crippen LogP contribution in [0.4, 0.5) is 0 Å². The molecule has 0 aliphatic rings. The maximum absolute atomic E-state index is 11.3. The van der Waals surface area contributed by atoms with Gasteiger partial charge >= 0.3 is 5.97 Å². The molecular weight excluding hydrogens is 334 g/mol. The van der Waals surface area contributed by atoms with E-state index in [1.165, 1.54) is 20.1 Å². The van der Waals surface area contributed by atoms with E-state index in [0.29, 0.717) is 23.7 Å². The number of carbonyl (C=O) groups is 2. The number of hydrogen-bond acceptors (Lipinski definition) is 4. The van der Waals surface area contributed by atoms with Gasteiger partial charge in [0, 0.05) is 6.92 Å². The summed E-state index contributed by atoms with van der Waals surface area (Å²) in [5, 5.41) is 11.5. The Morgan fingerprint density at radius 3 is 2.54 bits per heavy atom. The molecule has 0 bridgehead atoms. The van der Waals surface area contributed by atoms with E-state index in [2.05, 4.69) is 5.32 Å². The second-order valence-electron chi connectivity index (χ2n) is 5.73. The predicted molar refractivity (Wildman–Crippen MR) is 97.9 cm³/mol. The number of carboxylic acids is 1. The second kappa shape index (κ2) is 8.71. The van der Waals surface area contributed by atoms with E-state index in [1.54, 1.807) is 18.2 Å². The largest absolute Gasteiger partial charge is 0.493 e. The molecule has 2 N–H and O–H groups in total. The molecule has 6 nitrogen and oxygen atoms in total. The van der Waals surface area contributed by atoms with Crippen molar-refractivity contribution in [1.29, 1.82) is 0 Å². The monoisotopic (exact) mass is 355 g/mol. The molecule has 0 aliphatic carbocycles. The lowest BCUT2D eigenvalue weighted by Crippen LogP contribution is -2.24. The van der Waals surface area contributed by atoms with Crippen LogP contribution in [0.2, 0.25) is 0 Å². The van der Waals surface area contributed by atoms with E-state index in [9.17, 15) is 14.7 Å². The minimum absolute atomic E-state index is 0.215. The van der Waals surface area contributed by atoms with Crippen LogP contribution in [-0.4, -0.2) is 24.1 Å². The number of rotatable bonds is 7. The number of hydrogen-bond donors (Lipinski definition) is 2. The van der Waals surface area contributed by atoms with E-state index >= 15 is 0 Å². The molecule has 136 valence electrons. The topological polar surface area (TPSA) is 84.9 Å². The first-order valence-corrected chi connectivity index (χ1v) is 7.98. The standard InChI is InChI=1S/C20H21NO5/c1-13-5-4-6-16(9-13)12-26-19-11-15(7-8-18(19)25-3)10-17(20(23)24)21-14(2)22/h4-11H,12H2,1-3H3,(H,21,22)(H,23,24). The number of aliphatic carboxylic acids is 1. The summed E-state index contributed by atoms with van der Waals surface area (Å²) in [5.74, 6) is -0.664. The van der Waals surface area contributed by atoms with Crippen molar-refractivity contribution >= 4 is 18.0 Å². The Morgan fingerprint density at radius 2 is 1.92 bits per heavy atom. The maximum Gasteiger partial charge on any atom is 0.352 e. The lowest BCUT2D eigenvalue weighted by molar-refractivity contribution is -0.134. The van der Waals surface area contributed by atoms with Crippen LogP contribution >= 0.6 is 0 Å². The Bertz CT molecular complexity index is 842. The zero-order valence-electron chi connectivity index (χ0n) is 14.9. The minimum atomic E-state index is -1.22. The van der Waals surface area contributed by atoms with Gasteiger partial charge in [0.05, 0.1) is 7.11 Å². The highest BCUT2D eigenvalue weighted by atomic mass is 16.5. The summed E-state index contributed by atoms with van der Waals surface area (Å²) in [5.41, 5.74) is 2.50. The predicted octanol–water partition coefficient (Wildman–Crippen LogP) is 3.14. The fourth-order valence-corrected chi connectivity index (χ4v) is 2.37. The van der Waals surface area contributed by atoms with Crippen LogP contribution in [0.3, 0.4) is 0 Å². The highest BCUT2D eigenvalue weighted by Gasteiger charge is 2.11. The molecule has 1 amide bonds. The number of methoxy groups -OCH3 is 1. The van der Waals surface area contributed by atoms with Crippen molar-refractivity contribution in [3.63, 3.8) is 0 Å². The quantitative estimate of drug-likeness (QED) is 0.745. The van der Waals surface area contributed by atoms with Gasteiger partial charge in [-0.3, -0.25) is 4.79 Å². The smallest absolute Gasteiger partial charge is 0.352 e. The third-order valence-electron chi connectivity index (χ3n) is 3.52. The first-order valence-electron chi connectivity index (χ1n) is 7.98. The fraction of sp³-hybridized carbons (Fsp3) is 0.200. The molecule has 0 aliphatic heterocycles. The minimum Gasteiger partial charge on any atom is -0.493 e. The molecule has 0 spiro atoms. The van der Waals surface area contributed by atoms with Crippen LogP contribution in [0.25, 0.3) is 6.08 Å². The van der Waals surface area contributed by atoms with Crippen molar-refractivity contribution in [3.8, 4) is 11.5 Å². The fourth-order valence-electron chi connectivity index (χ4n) is 2.37. The number of amides is 1. The molecule has 6 heteroatoms. The Hall–Kier alpha value is -3.28.